The van der Waals surface area contributed by atoms with Crippen molar-refractivity contribution in [3.8, 4) is 0 Å². The molecule has 1 saturated heterocycles. The fourth-order valence-electron chi connectivity index (χ4n) is 2.80. The number of benzene rings is 1. The van der Waals surface area contributed by atoms with Gasteiger partial charge in [-0.15, -0.1) is 12.4 Å². The molecular formula is C15H19ClN2O2. The highest BCUT2D eigenvalue weighted by Crippen LogP contribution is 2.26. The van der Waals surface area contributed by atoms with Gasteiger partial charge < -0.3 is 14.6 Å². The molecule has 0 bridgehead atoms. The summed E-state index contributed by atoms with van der Waals surface area (Å²) in [5.41, 5.74) is 1.73. The van der Waals surface area contributed by atoms with Gasteiger partial charge in [-0.2, -0.15) is 0 Å². The standard InChI is InChI=1S/C15H18N2O2.ClH/c1-19-15(18)12-3-2-11-6-9-17(14(11)10-12)13-4-7-16-8-5-13;/h2-3,6,9-10,13,16H,4-5,7-8H2,1H3;1H. The Balaban J connectivity index is 0.00000147. The van der Waals surface area contributed by atoms with Crippen molar-refractivity contribution in [3.05, 3.63) is 36.0 Å². The van der Waals surface area contributed by atoms with Gasteiger partial charge in [-0.1, -0.05) is 6.07 Å². The molecule has 0 amide bonds. The third-order valence-corrected chi connectivity index (χ3v) is 3.85. The minimum Gasteiger partial charge on any atom is -0.465 e. The first-order valence-corrected chi connectivity index (χ1v) is 6.69. The molecule has 1 aliphatic heterocycles. The number of carbonyl (C=O) groups excluding carboxylic acids is 1. The molecule has 0 radical (unpaired) electrons. The first-order valence-electron chi connectivity index (χ1n) is 6.69. The van der Waals surface area contributed by atoms with Crippen LogP contribution in [0.5, 0.6) is 0 Å². The van der Waals surface area contributed by atoms with Crippen molar-refractivity contribution in [1.29, 1.82) is 0 Å². The van der Waals surface area contributed by atoms with Gasteiger partial charge in [0.2, 0.25) is 0 Å². The van der Waals surface area contributed by atoms with E-state index in [0.29, 0.717) is 11.6 Å². The number of aromatic nitrogens is 1. The van der Waals surface area contributed by atoms with Crippen LogP contribution >= 0.6 is 12.4 Å². The van der Waals surface area contributed by atoms with Gasteiger partial charge in [-0.3, -0.25) is 0 Å². The van der Waals surface area contributed by atoms with E-state index >= 15 is 0 Å². The van der Waals surface area contributed by atoms with E-state index in [9.17, 15) is 4.79 Å². The van der Waals surface area contributed by atoms with E-state index in [1.165, 1.54) is 12.5 Å². The lowest BCUT2D eigenvalue weighted by Crippen LogP contribution is -2.29. The Labute approximate surface area is 124 Å². The van der Waals surface area contributed by atoms with Crippen molar-refractivity contribution < 1.29 is 9.53 Å². The van der Waals surface area contributed by atoms with Crippen LogP contribution in [0.15, 0.2) is 30.5 Å². The molecule has 1 aromatic heterocycles. The molecule has 3 rings (SSSR count). The normalized spacial score (nSPS) is 15.8. The smallest absolute Gasteiger partial charge is 0.337 e. The number of nitrogens with zero attached hydrogens (tertiary/aromatic N) is 1. The molecule has 0 spiro atoms. The Hall–Kier alpha value is -1.52. The van der Waals surface area contributed by atoms with Crippen molar-refractivity contribution in [2.24, 2.45) is 0 Å². The molecule has 0 saturated carbocycles. The summed E-state index contributed by atoms with van der Waals surface area (Å²) in [6, 6.07) is 8.37. The first kappa shape index (κ1) is 14.9. The second-order valence-corrected chi connectivity index (χ2v) is 4.97. The summed E-state index contributed by atoms with van der Waals surface area (Å²) in [7, 11) is 1.42. The van der Waals surface area contributed by atoms with Crippen molar-refractivity contribution in [2.75, 3.05) is 20.2 Å². The van der Waals surface area contributed by atoms with E-state index in [4.69, 9.17) is 4.74 Å². The molecule has 0 unspecified atom stereocenters. The molecule has 20 heavy (non-hydrogen) atoms. The van der Waals surface area contributed by atoms with E-state index in [1.807, 2.05) is 18.2 Å². The maximum Gasteiger partial charge on any atom is 0.337 e. The topological polar surface area (TPSA) is 43.3 Å². The Morgan fingerprint density at radius 2 is 2.05 bits per heavy atom. The molecule has 0 atom stereocenters. The largest absolute Gasteiger partial charge is 0.465 e. The summed E-state index contributed by atoms with van der Waals surface area (Å²) in [4.78, 5) is 11.6. The summed E-state index contributed by atoms with van der Waals surface area (Å²) in [6.45, 7) is 2.11. The average molecular weight is 295 g/mol. The van der Waals surface area contributed by atoms with E-state index in [-0.39, 0.29) is 18.4 Å². The molecule has 2 aromatic rings. The molecule has 1 aromatic carbocycles. The van der Waals surface area contributed by atoms with E-state index in [1.54, 1.807) is 0 Å². The number of esters is 1. The van der Waals surface area contributed by atoms with Crippen LogP contribution in [0.2, 0.25) is 0 Å². The van der Waals surface area contributed by atoms with Crippen LogP contribution in [0.1, 0.15) is 29.2 Å². The molecule has 1 N–H and O–H groups in total. The minimum atomic E-state index is -0.278. The van der Waals surface area contributed by atoms with Gasteiger partial charge in [0.1, 0.15) is 0 Å². The minimum absolute atomic E-state index is 0. The van der Waals surface area contributed by atoms with Crippen molar-refractivity contribution in [3.63, 3.8) is 0 Å². The summed E-state index contributed by atoms with van der Waals surface area (Å²) in [5, 5.41) is 4.55. The lowest BCUT2D eigenvalue weighted by molar-refractivity contribution is 0.0601. The second-order valence-electron chi connectivity index (χ2n) is 4.97. The van der Waals surface area contributed by atoms with Gasteiger partial charge in [0, 0.05) is 17.8 Å². The zero-order valence-electron chi connectivity index (χ0n) is 11.5. The molecular weight excluding hydrogens is 276 g/mol. The Bertz CT molecular complexity index is 603. The van der Waals surface area contributed by atoms with Crippen LogP contribution in [0.3, 0.4) is 0 Å². The van der Waals surface area contributed by atoms with Crippen LogP contribution < -0.4 is 5.32 Å². The third-order valence-electron chi connectivity index (χ3n) is 3.85. The monoisotopic (exact) mass is 294 g/mol. The molecule has 108 valence electrons. The summed E-state index contributed by atoms with van der Waals surface area (Å²) >= 11 is 0. The number of hydrogen-bond acceptors (Lipinski definition) is 3. The van der Waals surface area contributed by atoms with Crippen molar-refractivity contribution in [1.82, 2.24) is 9.88 Å². The number of rotatable bonds is 2. The van der Waals surface area contributed by atoms with Gasteiger partial charge in [0.15, 0.2) is 0 Å². The Kier molecular flexibility index (Phi) is 4.68. The first-order chi connectivity index (χ1) is 9.29. The average Bonchev–Trinajstić information content (AvgIpc) is 2.90. The zero-order valence-corrected chi connectivity index (χ0v) is 12.3. The molecule has 0 aliphatic carbocycles. The van der Waals surface area contributed by atoms with Gasteiger partial charge in [-0.05, 0) is 49.5 Å². The number of nitrogens with one attached hydrogen (secondary N) is 1. The quantitative estimate of drug-likeness (QED) is 0.866. The predicted molar refractivity (Wildman–Crippen MR) is 81.7 cm³/mol. The van der Waals surface area contributed by atoms with Crippen LogP contribution in [0.4, 0.5) is 0 Å². The summed E-state index contributed by atoms with van der Waals surface area (Å²) in [6.07, 6.45) is 4.39. The SMILES string of the molecule is COC(=O)c1ccc2ccn(C3CCNCC3)c2c1.Cl. The van der Waals surface area contributed by atoms with Gasteiger partial charge in [-0.25, -0.2) is 4.79 Å². The number of ether oxygens (including phenoxy) is 1. The number of piperidine rings is 1. The predicted octanol–water partition coefficient (Wildman–Crippen LogP) is 2.77. The number of carbonyl (C=O) groups is 1. The molecule has 1 fully saturated rings. The lowest BCUT2D eigenvalue weighted by Gasteiger charge is -2.25. The summed E-state index contributed by atoms with van der Waals surface area (Å²) < 4.78 is 7.08. The second kappa shape index (κ2) is 6.29. The Morgan fingerprint density at radius 3 is 2.75 bits per heavy atom. The zero-order chi connectivity index (χ0) is 13.2. The number of fused-ring (bicyclic) bond motifs is 1. The van der Waals surface area contributed by atoms with Crippen LogP contribution in [0.25, 0.3) is 10.9 Å². The van der Waals surface area contributed by atoms with Gasteiger partial charge in [0.25, 0.3) is 0 Å². The highest BCUT2D eigenvalue weighted by molar-refractivity contribution is 5.94. The number of halogens is 1. The molecule has 4 nitrogen and oxygen atoms in total. The van der Waals surface area contributed by atoms with Crippen molar-refractivity contribution in [2.45, 2.75) is 18.9 Å². The van der Waals surface area contributed by atoms with Gasteiger partial charge >= 0.3 is 5.97 Å². The highest BCUT2D eigenvalue weighted by Gasteiger charge is 2.17. The lowest BCUT2D eigenvalue weighted by atomic mass is 10.1. The third kappa shape index (κ3) is 2.67. The molecule has 1 aliphatic rings. The highest BCUT2D eigenvalue weighted by atomic mass is 35.5. The van der Waals surface area contributed by atoms with Crippen LogP contribution in [-0.4, -0.2) is 30.7 Å². The van der Waals surface area contributed by atoms with Gasteiger partial charge in [0.05, 0.1) is 12.7 Å². The van der Waals surface area contributed by atoms with Crippen LogP contribution in [0, 0.1) is 0 Å². The molecule has 2 heterocycles. The van der Waals surface area contributed by atoms with E-state index < -0.39 is 0 Å². The maximum absolute atomic E-state index is 11.6. The Morgan fingerprint density at radius 1 is 1.30 bits per heavy atom. The molecule has 5 heteroatoms. The number of methoxy groups -OCH3 is 1. The van der Waals surface area contributed by atoms with E-state index in [0.717, 1.165) is 31.4 Å². The summed E-state index contributed by atoms with van der Waals surface area (Å²) in [5.74, 6) is -0.278. The number of hydrogen-bond donors (Lipinski definition) is 1. The van der Waals surface area contributed by atoms with E-state index in [2.05, 4.69) is 22.1 Å². The fourth-order valence-corrected chi connectivity index (χ4v) is 2.80. The maximum atomic E-state index is 11.6. The fraction of sp³-hybridized carbons (Fsp3) is 0.400. The van der Waals surface area contributed by atoms with Crippen molar-refractivity contribution >= 4 is 29.3 Å². The van der Waals surface area contributed by atoms with Crippen LogP contribution in [-0.2, 0) is 4.74 Å².